The molecule has 0 N–H and O–H groups in total. The lowest BCUT2D eigenvalue weighted by atomic mass is 9.97. The Kier molecular flexibility index (Phi) is 10.1. The molecule has 7 heteroatoms. The van der Waals surface area contributed by atoms with Crippen molar-refractivity contribution in [1.82, 2.24) is 0 Å². The Labute approximate surface area is 245 Å². The summed E-state index contributed by atoms with van der Waals surface area (Å²) in [4.78, 5) is 24.1. The molecule has 0 atom stereocenters. The van der Waals surface area contributed by atoms with Crippen LogP contribution in [0.25, 0.3) is 33.4 Å². The molecule has 0 saturated heterocycles. The third-order valence-corrected chi connectivity index (χ3v) is 6.41. The minimum Gasteiger partial charge on any atom is -0.496 e. The Hall–Kier alpha value is -4.98. The molecule has 214 valence electrons. The van der Waals surface area contributed by atoms with Crippen LogP contribution < -0.4 is 14.2 Å². The summed E-state index contributed by atoms with van der Waals surface area (Å²) in [5.74, 6) is 0.550. The quantitative estimate of drug-likeness (QED) is 0.105. The maximum atomic E-state index is 12.1. The van der Waals surface area contributed by atoms with Crippen LogP contribution in [0.3, 0.4) is 0 Å². The Morgan fingerprint density at radius 2 is 0.929 bits per heavy atom. The highest BCUT2D eigenvalue weighted by Crippen LogP contribution is 2.36. The van der Waals surface area contributed by atoms with Gasteiger partial charge in [0.25, 0.3) is 0 Å². The fourth-order valence-electron chi connectivity index (χ4n) is 4.21. The van der Waals surface area contributed by atoms with Gasteiger partial charge in [-0.15, -0.1) is 0 Å². The van der Waals surface area contributed by atoms with Crippen molar-refractivity contribution in [3.8, 4) is 50.6 Å². The van der Waals surface area contributed by atoms with E-state index in [4.69, 9.17) is 23.7 Å². The van der Waals surface area contributed by atoms with Crippen molar-refractivity contribution in [2.75, 3.05) is 34.5 Å². The van der Waals surface area contributed by atoms with Gasteiger partial charge < -0.3 is 23.7 Å². The van der Waals surface area contributed by atoms with E-state index in [1.54, 1.807) is 31.4 Å². The van der Waals surface area contributed by atoms with Gasteiger partial charge in [-0.3, -0.25) is 0 Å². The third-order valence-electron chi connectivity index (χ3n) is 6.41. The summed E-state index contributed by atoms with van der Waals surface area (Å²) in [7, 11) is 4.64. The van der Waals surface area contributed by atoms with Crippen LogP contribution >= 0.6 is 0 Å². The van der Waals surface area contributed by atoms with Crippen LogP contribution in [0.5, 0.6) is 17.2 Å². The first kappa shape index (κ1) is 30.0. The summed E-state index contributed by atoms with van der Waals surface area (Å²) in [5.41, 5.74) is 6.36. The van der Waals surface area contributed by atoms with E-state index in [2.05, 4.69) is 13.2 Å². The van der Waals surface area contributed by atoms with Gasteiger partial charge in [-0.1, -0.05) is 73.8 Å². The zero-order valence-corrected chi connectivity index (χ0v) is 23.8. The molecule has 4 aromatic rings. The lowest BCUT2D eigenvalue weighted by Crippen LogP contribution is -2.13. The van der Waals surface area contributed by atoms with Gasteiger partial charge in [0, 0.05) is 19.8 Å². The van der Waals surface area contributed by atoms with Crippen molar-refractivity contribution >= 4 is 11.9 Å². The van der Waals surface area contributed by atoms with E-state index in [1.165, 1.54) is 14.2 Å². The predicted molar refractivity (Wildman–Crippen MR) is 163 cm³/mol. The number of benzene rings is 4. The van der Waals surface area contributed by atoms with Crippen molar-refractivity contribution in [3.05, 3.63) is 115 Å². The first-order chi connectivity index (χ1) is 20.3. The Bertz CT molecular complexity index is 1570. The minimum absolute atomic E-state index is 0.116. The summed E-state index contributed by atoms with van der Waals surface area (Å²) in [6, 6.07) is 28.7. The summed E-state index contributed by atoms with van der Waals surface area (Å²) in [6.07, 6.45) is 0. The summed E-state index contributed by atoms with van der Waals surface area (Å²) >= 11 is 0. The number of rotatable bonds is 12. The van der Waals surface area contributed by atoms with Crippen LogP contribution in [0.1, 0.15) is 0 Å². The molecule has 4 rings (SSSR count). The molecule has 0 unspecified atom stereocenters. The molecule has 0 fully saturated rings. The summed E-state index contributed by atoms with van der Waals surface area (Å²) in [5, 5.41) is 0. The third kappa shape index (κ3) is 7.40. The molecule has 0 aliphatic heterocycles. The molecule has 0 bridgehead atoms. The second-order valence-corrected chi connectivity index (χ2v) is 9.39. The monoisotopic (exact) mass is 564 g/mol. The minimum atomic E-state index is -0.524. The van der Waals surface area contributed by atoms with E-state index < -0.39 is 11.9 Å². The van der Waals surface area contributed by atoms with Crippen LogP contribution in [0, 0.1) is 0 Å². The lowest BCUT2D eigenvalue weighted by Gasteiger charge is -2.13. The molecule has 42 heavy (non-hydrogen) atoms. The van der Waals surface area contributed by atoms with Crippen LogP contribution in [0.2, 0.25) is 0 Å². The molecular formula is C35H32O7. The number of hydrogen-bond acceptors (Lipinski definition) is 7. The Balaban J connectivity index is 1.46. The molecule has 0 spiro atoms. The Morgan fingerprint density at radius 3 is 1.36 bits per heavy atom. The van der Waals surface area contributed by atoms with Gasteiger partial charge in [0.15, 0.2) is 0 Å². The van der Waals surface area contributed by atoms with E-state index in [0.29, 0.717) is 11.5 Å². The SMILES string of the molecule is C=C(COC)C(=O)Oc1ccc(-c2ccc(-c3ccc(-c4ccc(OC(=O)C(=C)COC)cc4)cc3OC)cc2)cc1. The molecule has 0 aliphatic rings. The van der Waals surface area contributed by atoms with Gasteiger partial charge in [-0.05, 0) is 58.1 Å². The average Bonchev–Trinajstić information content (AvgIpc) is 3.02. The number of carbonyl (C=O) groups excluding carboxylic acids is 2. The van der Waals surface area contributed by atoms with Crippen LogP contribution in [-0.4, -0.2) is 46.5 Å². The second-order valence-electron chi connectivity index (χ2n) is 9.39. The first-order valence-corrected chi connectivity index (χ1v) is 13.1. The molecule has 0 amide bonds. The predicted octanol–water partition coefficient (Wildman–Crippen LogP) is 6.91. The van der Waals surface area contributed by atoms with E-state index in [1.807, 2.05) is 66.7 Å². The number of carbonyl (C=O) groups is 2. The molecule has 0 aliphatic carbocycles. The number of methoxy groups -OCH3 is 3. The van der Waals surface area contributed by atoms with E-state index in [0.717, 1.165) is 39.1 Å². The average molecular weight is 565 g/mol. The normalized spacial score (nSPS) is 10.5. The van der Waals surface area contributed by atoms with Crippen LogP contribution in [0.4, 0.5) is 0 Å². The van der Waals surface area contributed by atoms with E-state index in [9.17, 15) is 9.59 Å². The fourth-order valence-corrected chi connectivity index (χ4v) is 4.21. The smallest absolute Gasteiger partial charge is 0.341 e. The van der Waals surface area contributed by atoms with E-state index in [-0.39, 0.29) is 24.4 Å². The number of esters is 2. The zero-order valence-electron chi connectivity index (χ0n) is 23.8. The van der Waals surface area contributed by atoms with Gasteiger partial charge in [0.05, 0.1) is 31.5 Å². The van der Waals surface area contributed by atoms with Gasteiger partial charge in [-0.2, -0.15) is 0 Å². The van der Waals surface area contributed by atoms with Crippen molar-refractivity contribution < 1.29 is 33.3 Å². The molecule has 4 aromatic carbocycles. The van der Waals surface area contributed by atoms with Crippen molar-refractivity contribution in [3.63, 3.8) is 0 Å². The fraction of sp³-hybridized carbons (Fsp3) is 0.143. The maximum Gasteiger partial charge on any atom is 0.341 e. The lowest BCUT2D eigenvalue weighted by molar-refractivity contribution is -0.131. The standard InChI is InChI=1S/C35H32O7/c1-23(21-38-3)34(36)41-30-15-10-26(11-16-30)25-6-8-28(9-7-25)32-19-14-29(20-33(32)40-5)27-12-17-31(18-13-27)42-35(37)24(2)22-39-4/h6-20H,1-2,21-22H2,3-5H3. The molecule has 0 radical (unpaired) electrons. The largest absolute Gasteiger partial charge is 0.496 e. The Morgan fingerprint density at radius 1 is 0.548 bits per heavy atom. The first-order valence-electron chi connectivity index (χ1n) is 13.1. The van der Waals surface area contributed by atoms with E-state index >= 15 is 0 Å². The maximum absolute atomic E-state index is 12.1. The van der Waals surface area contributed by atoms with Crippen LogP contribution in [-0.2, 0) is 19.1 Å². The van der Waals surface area contributed by atoms with Crippen molar-refractivity contribution in [2.45, 2.75) is 0 Å². The number of hydrogen-bond donors (Lipinski definition) is 0. The van der Waals surface area contributed by atoms with Gasteiger partial charge in [0.2, 0.25) is 0 Å². The molecule has 0 aromatic heterocycles. The topological polar surface area (TPSA) is 80.3 Å². The summed E-state index contributed by atoms with van der Waals surface area (Å²) in [6.45, 7) is 7.57. The second kappa shape index (κ2) is 14.1. The zero-order chi connectivity index (χ0) is 30.1. The van der Waals surface area contributed by atoms with Crippen molar-refractivity contribution in [2.24, 2.45) is 0 Å². The number of ether oxygens (including phenoxy) is 5. The van der Waals surface area contributed by atoms with Gasteiger partial charge in [0.1, 0.15) is 17.2 Å². The van der Waals surface area contributed by atoms with Gasteiger partial charge in [-0.25, -0.2) is 9.59 Å². The highest BCUT2D eigenvalue weighted by Gasteiger charge is 2.13. The molecule has 0 saturated carbocycles. The molecule has 0 heterocycles. The van der Waals surface area contributed by atoms with Crippen LogP contribution in [0.15, 0.2) is 115 Å². The summed E-state index contributed by atoms with van der Waals surface area (Å²) < 4.78 is 26.3. The highest BCUT2D eigenvalue weighted by atomic mass is 16.5. The molecular weight excluding hydrogens is 532 g/mol. The van der Waals surface area contributed by atoms with Gasteiger partial charge >= 0.3 is 11.9 Å². The van der Waals surface area contributed by atoms with Crippen molar-refractivity contribution in [1.29, 1.82) is 0 Å². The molecule has 7 nitrogen and oxygen atoms in total. The highest BCUT2D eigenvalue weighted by molar-refractivity contribution is 5.90.